The van der Waals surface area contributed by atoms with Gasteiger partial charge in [0.05, 0.1) is 0 Å². The summed E-state index contributed by atoms with van der Waals surface area (Å²) in [6.45, 7) is 8.34. The minimum absolute atomic E-state index is 0.194. The molecule has 4 aromatic carbocycles. The van der Waals surface area contributed by atoms with Crippen LogP contribution in [0.1, 0.15) is 59.1 Å². The van der Waals surface area contributed by atoms with Gasteiger partial charge in [-0.3, -0.25) is 0 Å². The van der Waals surface area contributed by atoms with Gasteiger partial charge in [0, 0.05) is 39.1 Å². The number of aryl methyl sites for hydroxylation is 2. The SMILES string of the molecule is CC(c1ccc(I)cc1Cl)c1ccc(I)cc1Cl.Cc1ccc(C(C)c2ccc(C)cc2Cl)c(Cl)c1. The van der Waals surface area contributed by atoms with Crippen molar-refractivity contribution in [2.75, 3.05) is 0 Å². The van der Waals surface area contributed by atoms with Crippen molar-refractivity contribution < 1.29 is 0 Å². The molecule has 0 saturated carbocycles. The summed E-state index contributed by atoms with van der Waals surface area (Å²) in [6.07, 6.45) is 0. The number of hydrogen-bond acceptors (Lipinski definition) is 0. The molecule has 0 radical (unpaired) electrons. The monoisotopic (exact) mass is 780 g/mol. The van der Waals surface area contributed by atoms with Crippen LogP contribution in [0, 0.1) is 21.0 Å². The highest BCUT2D eigenvalue weighted by atomic mass is 127. The maximum Gasteiger partial charge on any atom is 0.0454 e. The molecule has 4 aromatic rings. The van der Waals surface area contributed by atoms with Crippen LogP contribution < -0.4 is 0 Å². The summed E-state index contributed by atoms with van der Waals surface area (Å²) in [5.41, 5.74) is 6.80. The van der Waals surface area contributed by atoms with Crippen LogP contribution in [-0.2, 0) is 0 Å². The molecule has 0 aliphatic heterocycles. The Morgan fingerprint density at radius 1 is 0.472 bits per heavy atom. The van der Waals surface area contributed by atoms with Crippen molar-refractivity contribution in [2.24, 2.45) is 0 Å². The Kier molecular flexibility index (Phi) is 11.3. The number of rotatable bonds is 4. The average molecular weight is 782 g/mol. The normalized spacial score (nSPS) is 11.0. The maximum atomic E-state index is 6.31. The van der Waals surface area contributed by atoms with Gasteiger partial charge in [0.15, 0.2) is 0 Å². The van der Waals surface area contributed by atoms with Crippen molar-refractivity contribution in [2.45, 2.75) is 39.5 Å². The Morgan fingerprint density at radius 3 is 1.03 bits per heavy atom. The van der Waals surface area contributed by atoms with Crippen LogP contribution in [0.5, 0.6) is 0 Å². The van der Waals surface area contributed by atoms with E-state index in [2.05, 4.69) is 108 Å². The summed E-state index contributed by atoms with van der Waals surface area (Å²) in [4.78, 5) is 0. The second-order valence-electron chi connectivity index (χ2n) is 8.82. The molecule has 4 rings (SSSR count). The highest BCUT2D eigenvalue weighted by Crippen LogP contribution is 2.36. The molecule has 0 fully saturated rings. The van der Waals surface area contributed by atoms with Crippen molar-refractivity contribution in [1.82, 2.24) is 0 Å². The molecule has 0 aliphatic carbocycles. The van der Waals surface area contributed by atoms with Crippen molar-refractivity contribution in [3.05, 3.63) is 133 Å². The lowest BCUT2D eigenvalue weighted by molar-refractivity contribution is 0.921. The third-order valence-corrected chi connectivity index (χ3v) is 8.75. The van der Waals surface area contributed by atoms with Gasteiger partial charge >= 0.3 is 0 Å². The summed E-state index contributed by atoms with van der Waals surface area (Å²) in [5, 5.41) is 3.20. The van der Waals surface area contributed by atoms with Gasteiger partial charge in [-0.2, -0.15) is 0 Å². The first kappa shape index (κ1) is 30.0. The zero-order chi connectivity index (χ0) is 26.6. The lowest BCUT2D eigenvalue weighted by Gasteiger charge is -2.16. The molecular weight excluding hydrogens is 756 g/mol. The lowest BCUT2D eigenvalue weighted by atomic mass is 9.92. The van der Waals surface area contributed by atoms with Crippen LogP contribution in [0.3, 0.4) is 0 Å². The van der Waals surface area contributed by atoms with Crippen LogP contribution in [0.2, 0.25) is 20.1 Å². The second-order valence-corrected chi connectivity index (χ2v) is 12.9. The topological polar surface area (TPSA) is 0 Å². The molecule has 0 bridgehead atoms. The minimum atomic E-state index is 0.194. The first-order valence-electron chi connectivity index (χ1n) is 11.4. The highest BCUT2D eigenvalue weighted by molar-refractivity contribution is 14.1. The van der Waals surface area contributed by atoms with Crippen molar-refractivity contribution in [1.29, 1.82) is 0 Å². The van der Waals surface area contributed by atoms with Crippen LogP contribution in [0.4, 0.5) is 0 Å². The van der Waals surface area contributed by atoms with Crippen LogP contribution in [-0.4, -0.2) is 0 Å². The molecule has 0 aliphatic rings. The van der Waals surface area contributed by atoms with Gasteiger partial charge in [-0.05, 0) is 129 Å². The summed E-state index contributed by atoms with van der Waals surface area (Å²) >= 11 is 29.8. The zero-order valence-electron chi connectivity index (χ0n) is 20.4. The Morgan fingerprint density at radius 2 is 0.750 bits per heavy atom. The van der Waals surface area contributed by atoms with Crippen molar-refractivity contribution in [3.8, 4) is 0 Å². The van der Waals surface area contributed by atoms with Gasteiger partial charge in [0.25, 0.3) is 0 Å². The molecule has 0 heterocycles. The van der Waals surface area contributed by atoms with E-state index >= 15 is 0 Å². The molecule has 0 spiro atoms. The maximum absolute atomic E-state index is 6.31. The van der Waals surface area contributed by atoms with Crippen LogP contribution in [0.15, 0.2) is 72.8 Å². The molecule has 6 heteroatoms. The average Bonchev–Trinajstić information content (AvgIpc) is 2.79. The molecule has 0 N–H and O–H groups in total. The smallest absolute Gasteiger partial charge is 0.0454 e. The molecule has 36 heavy (non-hydrogen) atoms. The third-order valence-electron chi connectivity index (χ3n) is 6.10. The number of benzene rings is 4. The van der Waals surface area contributed by atoms with E-state index in [0.717, 1.165) is 49.5 Å². The van der Waals surface area contributed by atoms with E-state index in [-0.39, 0.29) is 11.8 Å². The fraction of sp³-hybridized carbons (Fsp3) is 0.200. The minimum Gasteiger partial charge on any atom is -0.0840 e. The van der Waals surface area contributed by atoms with Gasteiger partial charge < -0.3 is 0 Å². The van der Waals surface area contributed by atoms with Gasteiger partial charge in [0.1, 0.15) is 0 Å². The molecule has 0 amide bonds. The lowest BCUT2D eigenvalue weighted by Crippen LogP contribution is -1.98. The van der Waals surface area contributed by atoms with Crippen molar-refractivity contribution >= 4 is 91.6 Å². The van der Waals surface area contributed by atoms with E-state index in [4.69, 9.17) is 46.4 Å². The second kappa shape index (κ2) is 13.5. The van der Waals surface area contributed by atoms with E-state index < -0.39 is 0 Å². The molecule has 0 unspecified atom stereocenters. The van der Waals surface area contributed by atoms with Gasteiger partial charge in [-0.15, -0.1) is 0 Å². The van der Waals surface area contributed by atoms with Crippen molar-refractivity contribution in [3.63, 3.8) is 0 Å². The van der Waals surface area contributed by atoms with E-state index in [0.29, 0.717) is 0 Å². The first-order valence-corrected chi connectivity index (χ1v) is 15.1. The van der Waals surface area contributed by atoms with Gasteiger partial charge in [-0.25, -0.2) is 0 Å². The highest BCUT2D eigenvalue weighted by Gasteiger charge is 2.16. The molecule has 0 saturated heterocycles. The summed E-state index contributed by atoms with van der Waals surface area (Å²) in [7, 11) is 0. The molecule has 188 valence electrons. The fourth-order valence-electron chi connectivity index (χ4n) is 4.01. The summed E-state index contributed by atoms with van der Waals surface area (Å²) in [5.74, 6) is 0.394. The third kappa shape index (κ3) is 7.77. The van der Waals surface area contributed by atoms with Crippen LogP contribution in [0.25, 0.3) is 0 Å². The number of hydrogen-bond donors (Lipinski definition) is 0. The first-order chi connectivity index (χ1) is 17.0. The Balaban J connectivity index is 0.000000201. The number of halogens is 6. The Bertz CT molecular complexity index is 1160. The standard InChI is InChI=1S/C16H16Cl2.C14H10Cl2I2/c1-10-4-6-13(15(17)8-10)12(3)14-7-5-11(2)9-16(14)18;1-8(11-4-2-9(17)6-13(11)15)12-5-3-10(18)7-14(12)16/h4-9,12H,1-3H3;2-8H,1H3. The summed E-state index contributed by atoms with van der Waals surface area (Å²) in [6, 6.07) is 24.6. The van der Waals surface area contributed by atoms with Gasteiger partial charge in [-0.1, -0.05) is 96.6 Å². The zero-order valence-corrected chi connectivity index (χ0v) is 27.7. The summed E-state index contributed by atoms with van der Waals surface area (Å²) < 4.78 is 2.28. The van der Waals surface area contributed by atoms with Gasteiger partial charge in [0.2, 0.25) is 0 Å². The van der Waals surface area contributed by atoms with E-state index in [9.17, 15) is 0 Å². The quantitative estimate of drug-likeness (QED) is 0.181. The van der Waals surface area contributed by atoms with E-state index in [1.54, 1.807) is 0 Å². The Labute approximate surface area is 262 Å². The molecule has 0 aromatic heterocycles. The van der Waals surface area contributed by atoms with Crippen LogP contribution >= 0.6 is 91.6 Å². The molecule has 0 nitrogen and oxygen atoms in total. The van der Waals surface area contributed by atoms with E-state index in [1.807, 2.05) is 38.1 Å². The molecular formula is C30H26Cl4I2. The predicted octanol–water partition coefficient (Wildman–Crippen LogP) is 12.1. The Hall–Kier alpha value is -0.500. The predicted molar refractivity (Wildman–Crippen MR) is 176 cm³/mol. The van der Waals surface area contributed by atoms with E-state index in [1.165, 1.54) is 11.1 Å². The fourth-order valence-corrected chi connectivity index (χ4v) is 6.84. The largest absolute Gasteiger partial charge is 0.0840 e. The molecule has 0 atom stereocenters.